The molecule has 0 fully saturated rings. The third kappa shape index (κ3) is 55.7. The van der Waals surface area contributed by atoms with Gasteiger partial charge in [-0.05, 0) is 31.1 Å². The second-order valence-electron chi connectivity index (χ2n) is 22.8. The van der Waals surface area contributed by atoms with Crippen molar-refractivity contribution in [2.75, 3.05) is 13.2 Å². The second-order valence-corrected chi connectivity index (χ2v) is 22.8. The van der Waals surface area contributed by atoms with Crippen LogP contribution in [0.1, 0.15) is 362 Å². The standard InChI is InChI=1S/C64H124O6/c1-6-8-9-10-11-12-13-14-15-18-24-29-34-39-44-49-54-62(65)68-57-61(70-64(67)56-51-46-41-36-31-26-21-20-23-28-33-38-43-48-53-60(5)7-2)58-69-63(66)55-50-45-40-35-30-25-19-16-17-22-27-32-37-42-47-52-59(3)4/h59-61H,6-58H2,1-5H3/t60?,61-/m0/s1. The third-order valence-corrected chi connectivity index (χ3v) is 15.1. The van der Waals surface area contributed by atoms with E-state index < -0.39 is 6.10 Å². The predicted molar refractivity (Wildman–Crippen MR) is 303 cm³/mol. The van der Waals surface area contributed by atoms with Crippen LogP contribution in [0.3, 0.4) is 0 Å². The number of carbonyl (C=O) groups excluding carboxylic acids is 3. The Morgan fingerprint density at radius 1 is 0.300 bits per heavy atom. The fraction of sp³-hybridized carbons (Fsp3) is 0.953. The van der Waals surface area contributed by atoms with Crippen molar-refractivity contribution in [3.05, 3.63) is 0 Å². The Hall–Kier alpha value is -1.59. The van der Waals surface area contributed by atoms with Crippen molar-refractivity contribution in [3.63, 3.8) is 0 Å². The van der Waals surface area contributed by atoms with Gasteiger partial charge in [0.15, 0.2) is 6.10 Å². The molecule has 70 heavy (non-hydrogen) atoms. The first-order chi connectivity index (χ1) is 34.3. The van der Waals surface area contributed by atoms with E-state index in [-0.39, 0.29) is 31.1 Å². The molecule has 0 aromatic carbocycles. The number of rotatable bonds is 58. The molecule has 0 bridgehead atoms. The SMILES string of the molecule is CCCCCCCCCCCCCCCCCCC(=O)OC[C@@H](COC(=O)CCCCCCCCCCCCCCCCCC(C)C)OC(=O)CCCCCCCCCCCCCCCCC(C)CC. The summed E-state index contributed by atoms with van der Waals surface area (Å²) in [5.74, 6) is 0.912. The highest BCUT2D eigenvalue weighted by molar-refractivity contribution is 5.71. The summed E-state index contributed by atoms with van der Waals surface area (Å²) in [6.45, 7) is 11.5. The van der Waals surface area contributed by atoms with E-state index in [4.69, 9.17) is 14.2 Å². The van der Waals surface area contributed by atoms with Crippen LogP contribution >= 0.6 is 0 Å². The summed E-state index contributed by atoms with van der Waals surface area (Å²) in [7, 11) is 0. The van der Waals surface area contributed by atoms with Gasteiger partial charge in [0, 0.05) is 19.3 Å². The maximum Gasteiger partial charge on any atom is 0.306 e. The summed E-state index contributed by atoms with van der Waals surface area (Å²) < 4.78 is 17.0. The lowest BCUT2D eigenvalue weighted by Gasteiger charge is -2.18. The zero-order chi connectivity index (χ0) is 51.1. The fourth-order valence-corrected chi connectivity index (χ4v) is 9.90. The Bertz CT molecular complexity index is 1070. The largest absolute Gasteiger partial charge is 0.462 e. The first-order valence-corrected chi connectivity index (χ1v) is 31.8. The number of hydrogen-bond donors (Lipinski definition) is 0. The Kier molecular flexibility index (Phi) is 55.4. The zero-order valence-electron chi connectivity index (χ0n) is 48.2. The fourth-order valence-electron chi connectivity index (χ4n) is 9.90. The van der Waals surface area contributed by atoms with E-state index in [1.54, 1.807) is 0 Å². The molecule has 0 saturated heterocycles. The number of esters is 3. The summed E-state index contributed by atoms with van der Waals surface area (Å²) >= 11 is 0. The van der Waals surface area contributed by atoms with Crippen LogP contribution in [0.15, 0.2) is 0 Å². The van der Waals surface area contributed by atoms with Crippen molar-refractivity contribution in [2.45, 2.75) is 368 Å². The molecule has 0 radical (unpaired) electrons. The summed E-state index contributed by atoms with van der Waals surface area (Å²) in [6.07, 6.45) is 62.3. The summed E-state index contributed by atoms with van der Waals surface area (Å²) in [5.41, 5.74) is 0. The monoisotopic (exact) mass is 989 g/mol. The molecule has 0 rings (SSSR count). The van der Waals surface area contributed by atoms with Gasteiger partial charge in [-0.3, -0.25) is 14.4 Å². The summed E-state index contributed by atoms with van der Waals surface area (Å²) in [6, 6.07) is 0. The molecule has 0 saturated carbocycles. The third-order valence-electron chi connectivity index (χ3n) is 15.1. The topological polar surface area (TPSA) is 78.9 Å². The Morgan fingerprint density at radius 2 is 0.543 bits per heavy atom. The second kappa shape index (κ2) is 56.7. The average molecular weight is 990 g/mol. The van der Waals surface area contributed by atoms with E-state index in [0.29, 0.717) is 19.3 Å². The smallest absolute Gasteiger partial charge is 0.306 e. The first kappa shape index (κ1) is 68.4. The van der Waals surface area contributed by atoms with Crippen molar-refractivity contribution in [3.8, 4) is 0 Å². The van der Waals surface area contributed by atoms with Gasteiger partial charge in [0.1, 0.15) is 13.2 Å². The molecule has 0 heterocycles. The lowest BCUT2D eigenvalue weighted by Crippen LogP contribution is -2.30. The number of ether oxygens (including phenoxy) is 3. The van der Waals surface area contributed by atoms with Gasteiger partial charge >= 0.3 is 17.9 Å². The molecule has 0 spiro atoms. The van der Waals surface area contributed by atoms with E-state index in [1.807, 2.05) is 0 Å². The van der Waals surface area contributed by atoms with E-state index in [2.05, 4.69) is 34.6 Å². The predicted octanol–water partition coefficient (Wildman–Crippen LogP) is 21.2. The molecule has 2 atom stereocenters. The van der Waals surface area contributed by atoms with E-state index in [0.717, 1.165) is 69.6 Å². The van der Waals surface area contributed by atoms with Gasteiger partial charge in [0.25, 0.3) is 0 Å². The van der Waals surface area contributed by atoms with Crippen molar-refractivity contribution >= 4 is 17.9 Å². The molecule has 0 aliphatic heterocycles. The minimum atomic E-state index is -0.764. The maximum absolute atomic E-state index is 12.9. The normalized spacial score (nSPS) is 12.4. The molecule has 0 aromatic heterocycles. The average Bonchev–Trinajstić information content (AvgIpc) is 3.35. The number of hydrogen-bond acceptors (Lipinski definition) is 6. The molecule has 0 aliphatic carbocycles. The van der Waals surface area contributed by atoms with Gasteiger partial charge in [0.05, 0.1) is 0 Å². The Morgan fingerprint density at radius 3 is 0.814 bits per heavy atom. The van der Waals surface area contributed by atoms with Crippen LogP contribution in [0.25, 0.3) is 0 Å². The molecule has 6 nitrogen and oxygen atoms in total. The number of unbranched alkanes of at least 4 members (excludes halogenated alkanes) is 42. The highest BCUT2D eigenvalue weighted by Gasteiger charge is 2.19. The summed E-state index contributed by atoms with van der Waals surface area (Å²) in [4.78, 5) is 38.3. The van der Waals surface area contributed by atoms with Crippen LogP contribution in [0, 0.1) is 11.8 Å². The minimum absolute atomic E-state index is 0.0618. The summed E-state index contributed by atoms with van der Waals surface area (Å²) in [5, 5.41) is 0. The van der Waals surface area contributed by atoms with Crippen LogP contribution in [0.4, 0.5) is 0 Å². The van der Waals surface area contributed by atoms with Crippen LogP contribution in [-0.2, 0) is 28.6 Å². The number of carbonyl (C=O) groups is 3. The zero-order valence-corrected chi connectivity index (χ0v) is 48.2. The van der Waals surface area contributed by atoms with Crippen LogP contribution in [0.5, 0.6) is 0 Å². The molecule has 0 N–H and O–H groups in total. The molecule has 6 heteroatoms. The van der Waals surface area contributed by atoms with Crippen molar-refractivity contribution < 1.29 is 28.6 Å². The molecule has 0 amide bonds. The van der Waals surface area contributed by atoms with Crippen molar-refractivity contribution in [1.82, 2.24) is 0 Å². The van der Waals surface area contributed by atoms with Crippen LogP contribution in [0.2, 0.25) is 0 Å². The quantitative estimate of drug-likeness (QED) is 0.0343. The highest BCUT2D eigenvalue weighted by atomic mass is 16.6. The first-order valence-electron chi connectivity index (χ1n) is 31.8. The van der Waals surface area contributed by atoms with Gasteiger partial charge in [-0.1, -0.05) is 324 Å². The van der Waals surface area contributed by atoms with Gasteiger partial charge < -0.3 is 14.2 Å². The van der Waals surface area contributed by atoms with E-state index >= 15 is 0 Å². The van der Waals surface area contributed by atoms with Crippen LogP contribution in [-0.4, -0.2) is 37.2 Å². The highest BCUT2D eigenvalue weighted by Crippen LogP contribution is 2.19. The molecule has 0 aromatic rings. The molecular weight excluding hydrogens is 865 g/mol. The van der Waals surface area contributed by atoms with Gasteiger partial charge in [-0.2, -0.15) is 0 Å². The Balaban J connectivity index is 4.30. The maximum atomic E-state index is 12.9. The van der Waals surface area contributed by atoms with E-state index in [9.17, 15) is 14.4 Å². The van der Waals surface area contributed by atoms with Gasteiger partial charge in [-0.15, -0.1) is 0 Å². The Labute approximate surface area is 438 Å². The minimum Gasteiger partial charge on any atom is -0.462 e. The van der Waals surface area contributed by atoms with Crippen LogP contribution < -0.4 is 0 Å². The lowest BCUT2D eigenvalue weighted by atomic mass is 9.99. The molecule has 1 unspecified atom stereocenters. The molecule has 416 valence electrons. The van der Waals surface area contributed by atoms with Crippen molar-refractivity contribution in [2.24, 2.45) is 11.8 Å². The molecular formula is C64H124O6. The lowest BCUT2D eigenvalue weighted by molar-refractivity contribution is -0.167. The van der Waals surface area contributed by atoms with E-state index in [1.165, 1.54) is 250 Å². The molecule has 0 aliphatic rings. The van der Waals surface area contributed by atoms with Gasteiger partial charge in [0.2, 0.25) is 0 Å². The van der Waals surface area contributed by atoms with Gasteiger partial charge in [-0.25, -0.2) is 0 Å². The van der Waals surface area contributed by atoms with Crippen molar-refractivity contribution in [1.29, 1.82) is 0 Å².